The SMILES string of the molecule is CC(C)(C)CCc1ccc([C@]2(C)NC(=O)N(C3CC(C)(C)C3)C=C2[C@H]2C[C@H](C(=O)O)C2)cc1Cl. The maximum atomic E-state index is 13.3. The zero-order chi connectivity index (χ0) is 25.1. The van der Waals surface area contributed by atoms with Crippen LogP contribution in [0.3, 0.4) is 0 Å². The van der Waals surface area contributed by atoms with E-state index in [4.69, 9.17) is 11.6 Å². The quantitative estimate of drug-likeness (QED) is 0.467. The minimum absolute atomic E-state index is 0.0891. The number of carbonyl (C=O) groups excluding carboxylic acids is 1. The van der Waals surface area contributed by atoms with E-state index >= 15 is 0 Å². The van der Waals surface area contributed by atoms with Crippen LogP contribution >= 0.6 is 11.6 Å². The smallest absolute Gasteiger partial charge is 0.322 e. The van der Waals surface area contributed by atoms with Crippen LogP contribution in [0.5, 0.6) is 0 Å². The maximum Gasteiger partial charge on any atom is 0.322 e. The monoisotopic (exact) mass is 486 g/mol. The van der Waals surface area contributed by atoms with Gasteiger partial charge in [0.1, 0.15) is 0 Å². The Hall–Kier alpha value is -2.01. The second-order valence-corrected chi connectivity index (χ2v) is 13.3. The van der Waals surface area contributed by atoms with Gasteiger partial charge in [0.2, 0.25) is 0 Å². The van der Waals surface area contributed by atoms with Crippen LogP contribution in [0.4, 0.5) is 4.79 Å². The lowest BCUT2D eigenvalue weighted by molar-refractivity contribution is -0.145. The minimum Gasteiger partial charge on any atom is -0.481 e. The molecule has 0 saturated heterocycles. The fraction of sp³-hybridized carbons (Fsp3) is 0.643. The predicted octanol–water partition coefficient (Wildman–Crippen LogP) is 6.74. The van der Waals surface area contributed by atoms with Gasteiger partial charge in [-0.15, -0.1) is 0 Å². The van der Waals surface area contributed by atoms with Crippen molar-refractivity contribution in [2.75, 3.05) is 0 Å². The van der Waals surface area contributed by atoms with Crippen molar-refractivity contribution in [1.82, 2.24) is 10.2 Å². The summed E-state index contributed by atoms with van der Waals surface area (Å²) >= 11 is 6.74. The van der Waals surface area contributed by atoms with Gasteiger partial charge in [-0.05, 0) is 85.0 Å². The van der Waals surface area contributed by atoms with Gasteiger partial charge in [-0.25, -0.2) is 4.79 Å². The van der Waals surface area contributed by atoms with Gasteiger partial charge in [0.25, 0.3) is 0 Å². The molecule has 0 unspecified atom stereocenters. The highest BCUT2D eigenvalue weighted by atomic mass is 35.5. The van der Waals surface area contributed by atoms with Gasteiger partial charge in [-0.1, -0.05) is 58.4 Å². The molecule has 186 valence electrons. The molecule has 34 heavy (non-hydrogen) atoms. The first-order valence-electron chi connectivity index (χ1n) is 12.5. The Bertz CT molecular complexity index is 1010. The highest BCUT2D eigenvalue weighted by molar-refractivity contribution is 6.31. The van der Waals surface area contributed by atoms with E-state index < -0.39 is 11.5 Å². The summed E-state index contributed by atoms with van der Waals surface area (Å²) in [4.78, 5) is 26.6. The normalized spacial score (nSPS) is 29.1. The molecule has 4 rings (SSSR count). The molecule has 2 amide bonds. The Labute approximate surface area is 208 Å². The van der Waals surface area contributed by atoms with Crippen molar-refractivity contribution < 1.29 is 14.7 Å². The molecule has 2 N–H and O–H groups in total. The molecule has 2 aliphatic carbocycles. The molecule has 0 aromatic heterocycles. The second kappa shape index (κ2) is 8.58. The number of urea groups is 1. The summed E-state index contributed by atoms with van der Waals surface area (Å²) in [5.41, 5.74) is 2.92. The van der Waals surface area contributed by atoms with Crippen LogP contribution < -0.4 is 5.32 Å². The maximum absolute atomic E-state index is 13.3. The van der Waals surface area contributed by atoms with E-state index in [9.17, 15) is 14.7 Å². The molecule has 3 aliphatic rings. The number of nitrogens with one attached hydrogen (secondary N) is 1. The van der Waals surface area contributed by atoms with E-state index in [0.29, 0.717) is 12.8 Å². The van der Waals surface area contributed by atoms with Crippen LogP contribution in [0.1, 0.15) is 84.8 Å². The number of hydrogen-bond donors (Lipinski definition) is 2. The van der Waals surface area contributed by atoms with Crippen LogP contribution in [0.25, 0.3) is 0 Å². The number of nitrogens with zero attached hydrogens (tertiary/aromatic N) is 1. The number of aliphatic carboxylic acids is 1. The molecule has 2 saturated carbocycles. The third kappa shape index (κ3) is 4.86. The minimum atomic E-state index is -0.734. The average molecular weight is 487 g/mol. The molecule has 0 spiro atoms. The van der Waals surface area contributed by atoms with Crippen molar-refractivity contribution in [3.05, 3.63) is 46.1 Å². The predicted molar refractivity (Wildman–Crippen MR) is 136 cm³/mol. The first kappa shape index (κ1) is 25.1. The summed E-state index contributed by atoms with van der Waals surface area (Å²) in [5, 5.41) is 13.5. The number of carboxylic acid groups (broad SMARTS) is 1. The van der Waals surface area contributed by atoms with E-state index in [1.807, 2.05) is 24.1 Å². The summed E-state index contributed by atoms with van der Waals surface area (Å²) in [5.74, 6) is -0.920. The highest BCUT2D eigenvalue weighted by Crippen LogP contribution is 2.50. The van der Waals surface area contributed by atoms with Crippen LogP contribution in [0, 0.1) is 22.7 Å². The number of benzene rings is 1. The first-order valence-corrected chi connectivity index (χ1v) is 12.9. The molecule has 1 aliphatic heterocycles. The van der Waals surface area contributed by atoms with Crippen LogP contribution in [-0.4, -0.2) is 28.0 Å². The van der Waals surface area contributed by atoms with E-state index in [0.717, 1.165) is 47.4 Å². The molecule has 1 atom stereocenters. The van der Waals surface area contributed by atoms with Crippen molar-refractivity contribution in [3.63, 3.8) is 0 Å². The van der Waals surface area contributed by atoms with Crippen LogP contribution in [0.15, 0.2) is 30.0 Å². The lowest BCUT2D eigenvalue weighted by Gasteiger charge is -2.52. The zero-order valence-electron chi connectivity index (χ0n) is 21.4. The Kier molecular flexibility index (Phi) is 6.33. The molecule has 0 radical (unpaired) electrons. The molecule has 1 heterocycles. The third-order valence-electron chi connectivity index (χ3n) is 8.12. The van der Waals surface area contributed by atoms with Crippen LogP contribution in [-0.2, 0) is 16.8 Å². The Morgan fingerprint density at radius 1 is 1.21 bits per heavy atom. The summed E-state index contributed by atoms with van der Waals surface area (Å²) in [6, 6.07) is 6.25. The largest absolute Gasteiger partial charge is 0.481 e. The summed E-state index contributed by atoms with van der Waals surface area (Å²) in [6.07, 6.45) is 7.12. The molecule has 5 nitrogen and oxygen atoms in total. The molecule has 0 bridgehead atoms. The standard InChI is InChI=1S/C28H39ClN2O3/c1-26(2,3)10-9-17-7-8-20(13-23(17)29)28(6)22(18-11-19(12-18)24(32)33)16-31(25(34)30-28)21-14-27(4,5)15-21/h7-8,13,16,18-19,21H,9-12,14-15H2,1-6H3,(H,30,34)(H,32,33)/t18-,19-,28-/m0/s1. The van der Waals surface area contributed by atoms with Gasteiger partial charge in [0.15, 0.2) is 0 Å². The summed E-state index contributed by atoms with van der Waals surface area (Å²) in [7, 11) is 0. The van der Waals surface area contributed by atoms with Gasteiger partial charge < -0.3 is 10.4 Å². The number of rotatable bonds is 6. The van der Waals surface area contributed by atoms with Gasteiger partial charge in [-0.2, -0.15) is 0 Å². The van der Waals surface area contributed by atoms with E-state index in [1.165, 1.54) is 0 Å². The first-order chi connectivity index (χ1) is 15.7. The van der Waals surface area contributed by atoms with Gasteiger partial charge >= 0.3 is 12.0 Å². The summed E-state index contributed by atoms with van der Waals surface area (Å²) < 4.78 is 0. The van der Waals surface area contributed by atoms with Crippen molar-refractivity contribution in [3.8, 4) is 0 Å². The Balaban J connectivity index is 1.65. The summed E-state index contributed by atoms with van der Waals surface area (Å²) in [6.45, 7) is 13.2. The second-order valence-electron chi connectivity index (χ2n) is 12.8. The average Bonchev–Trinajstić information content (AvgIpc) is 2.64. The number of carbonyl (C=O) groups is 2. The number of carboxylic acids is 1. The van der Waals surface area contributed by atoms with Crippen LogP contribution in [0.2, 0.25) is 5.02 Å². The molecule has 1 aromatic rings. The topological polar surface area (TPSA) is 69.6 Å². The van der Waals surface area contributed by atoms with Crippen molar-refractivity contribution in [2.45, 2.75) is 91.6 Å². The van der Waals surface area contributed by atoms with E-state index in [-0.39, 0.29) is 34.7 Å². The number of hydrogen-bond acceptors (Lipinski definition) is 2. The molecule has 6 heteroatoms. The van der Waals surface area contributed by atoms with Crippen molar-refractivity contribution in [2.24, 2.45) is 22.7 Å². The molecular weight excluding hydrogens is 448 g/mol. The Morgan fingerprint density at radius 3 is 2.38 bits per heavy atom. The van der Waals surface area contributed by atoms with Crippen molar-refractivity contribution in [1.29, 1.82) is 0 Å². The molecule has 2 fully saturated rings. The van der Waals surface area contributed by atoms with E-state index in [1.54, 1.807) is 0 Å². The number of aryl methyl sites for hydroxylation is 1. The van der Waals surface area contributed by atoms with E-state index in [2.05, 4.69) is 52.1 Å². The van der Waals surface area contributed by atoms with Gasteiger partial charge in [0, 0.05) is 17.3 Å². The van der Waals surface area contributed by atoms with Gasteiger partial charge in [-0.3, -0.25) is 9.69 Å². The van der Waals surface area contributed by atoms with Crippen molar-refractivity contribution >= 4 is 23.6 Å². The lowest BCUT2D eigenvalue weighted by atomic mass is 9.64. The zero-order valence-corrected chi connectivity index (χ0v) is 22.1. The third-order valence-corrected chi connectivity index (χ3v) is 8.47. The number of amides is 2. The fourth-order valence-corrected chi connectivity index (χ4v) is 6.04. The fourth-order valence-electron chi connectivity index (χ4n) is 5.77. The number of halogens is 1. The Morgan fingerprint density at radius 2 is 1.85 bits per heavy atom. The lowest BCUT2D eigenvalue weighted by Crippen LogP contribution is -2.60. The van der Waals surface area contributed by atoms with Gasteiger partial charge in [0.05, 0.1) is 11.5 Å². The molecular formula is C28H39ClN2O3. The highest BCUT2D eigenvalue weighted by Gasteiger charge is 2.50. The molecule has 1 aromatic carbocycles.